The first-order valence-corrected chi connectivity index (χ1v) is 11.3. The van der Waals surface area contributed by atoms with E-state index in [4.69, 9.17) is 0 Å². The minimum atomic E-state index is -3.47. The van der Waals surface area contributed by atoms with Gasteiger partial charge in [0.2, 0.25) is 10.0 Å². The third kappa shape index (κ3) is 6.13. The highest BCUT2D eigenvalue weighted by atomic mass is 32.2. The van der Waals surface area contributed by atoms with Crippen molar-refractivity contribution in [2.45, 2.75) is 38.1 Å². The number of nitrogens with zero attached hydrogens (tertiary/aromatic N) is 1. The van der Waals surface area contributed by atoms with Crippen LogP contribution < -0.4 is 10.6 Å². The van der Waals surface area contributed by atoms with Gasteiger partial charge in [-0.25, -0.2) is 12.7 Å². The van der Waals surface area contributed by atoms with Crippen molar-refractivity contribution in [2.75, 3.05) is 26.0 Å². The van der Waals surface area contributed by atoms with E-state index in [9.17, 15) is 13.2 Å². The molecular weight excluding hydrogens is 386 g/mol. The quantitative estimate of drug-likeness (QED) is 0.656. The van der Waals surface area contributed by atoms with E-state index in [2.05, 4.69) is 50.4 Å². The molecule has 0 aliphatic rings. The van der Waals surface area contributed by atoms with Crippen molar-refractivity contribution in [1.82, 2.24) is 4.31 Å². The molecule has 2 aromatic carbocycles. The SMILES string of the molecule is CCc1ccc([C@H]([NH2+]CC(=O)Nc2ccc(S(=O)(=O)N(C)C)cc2)C(C)C)cc1. The number of nitrogens with two attached hydrogens (primary N) is 1. The van der Waals surface area contributed by atoms with Crippen molar-refractivity contribution < 1.29 is 18.5 Å². The summed E-state index contributed by atoms with van der Waals surface area (Å²) in [6.07, 6.45) is 1.01. The zero-order valence-corrected chi connectivity index (χ0v) is 18.7. The average molecular weight is 419 g/mol. The van der Waals surface area contributed by atoms with Crippen molar-refractivity contribution in [3.63, 3.8) is 0 Å². The first-order chi connectivity index (χ1) is 13.6. The van der Waals surface area contributed by atoms with Crippen molar-refractivity contribution in [2.24, 2.45) is 5.92 Å². The summed E-state index contributed by atoms with van der Waals surface area (Å²) in [6.45, 7) is 6.72. The molecule has 0 radical (unpaired) electrons. The van der Waals surface area contributed by atoms with Gasteiger partial charge < -0.3 is 10.6 Å². The van der Waals surface area contributed by atoms with Gasteiger partial charge in [-0.1, -0.05) is 45.0 Å². The number of carbonyl (C=O) groups excluding carboxylic acids is 1. The molecule has 0 unspecified atom stereocenters. The molecule has 0 fully saturated rings. The molecule has 0 aliphatic carbocycles. The zero-order chi connectivity index (χ0) is 21.6. The van der Waals surface area contributed by atoms with E-state index in [1.807, 2.05) is 5.32 Å². The van der Waals surface area contributed by atoms with Gasteiger partial charge in [0.15, 0.2) is 6.54 Å². The number of anilines is 1. The summed E-state index contributed by atoms with van der Waals surface area (Å²) in [4.78, 5) is 12.6. The van der Waals surface area contributed by atoms with Crippen LogP contribution in [-0.2, 0) is 21.2 Å². The Kier molecular flexibility index (Phi) is 7.96. The third-order valence-electron chi connectivity index (χ3n) is 4.96. The van der Waals surface area contributed by atoms with Crippen molar-refractivity contribution >= 4 is 21.6 Å². The Bertz CT molecular complexity index is 905. The number of amides is 1. The first kappa shape index (κ1) is 23.1. The Morgan fingerprint density at radius 1 is 1.03 bits per heavy atom. The number of quaternary nitrogens is 1. The lowest BCUT2D eigenvalue weighted by Gasteiger charge is -2.20. The number of carbonyl (C=O) groups is 1. The highest BCUT2D eigenvalue weighted by Crippen LogP contribution is 2.19. The van der Waals surface area contributed by atoms with Crippen LogP contribution >= 0.6 is 0 Å². The van der Waals surface area contributed by atoms with Crippen molar-refractivity contribution in [1.29, 1.82) is 0 Å². The van der Waals surface area contributed by atoms with Crippen LogP contribution in [0.4, 0.5) is 5.69 Å². The fraction of sp³-hybridized carbons (Fsp3) is 0.409. The highest BCUT2D eigenvalue weighted by molar-refractivity contribution is 7.89. The maximum absolute atomic E-state index is 12.4. The third-order valence-corrected chi connectivity index (χ3v) is 6.79. The molecule has 0 heterocycles. The molecule has 29 heavy (non-hydrogen) atoms. The van der Waals surface area contributed by atoms with Crippen LogP contribution in [0.5, 0.6) is 0 Å². The second-order valence-corrected chi connectivity index (χ2v) is 9.82. The Hall–Kier alpha value is -2.22. The van der Waals surface area contributed by atoms with E-state index >= 15 is 0 Å². The van der Waals surface area contributed by atoms with E-state index < -0.39 is 10.0 Å². The monoisotopic (exact) mass is 418 g/mol. The van der Waals surface area contributed by atoms with Crippen LogP contribution in [-0.4, -0.2) is 39.3 Å². The lowest BCUT2D eigenvalue weighted by molar-refractivity contribution is -0.692. The number of hydrogen-bond acceptors (Lipinski definition) is 3. The van der Waals surface area contributed by atoms with Crippen molar-refractivity contribution in [3.8, 4) is 0 Å². The molecule has 7 heteroatoms. The van der Waals surface area contributed by atoms with Gasteiger partial charge in [-0.05, 0) is 36.2 Å². The van der Waals surface area contributed by atoms with Gasteiger partial charge in [0.1, 0.15) is 6.04 Å². The largest absolute Gasteiger partial charge is 0.332 e. The van der Waals surface area contributed by atoms with Crippen LogP contribution in [0.2, 0.25) is 0 Å². The number of rotatable bonds is 9. The maximum Gasteiger partial charge on any atom is 0.279 e. The molecule has 1 atom stereocenters. The molecule has 0 saturated heterocycles. The Labute approximate surface area is 174 Å². The lowest BCUT2D eigenvalue weighted by atomic mass is 9.95. The standard InChI is InChI=1S/C22H31N3O3S/c1-6-17-7-9-18(10-8-17)22(16(2)3)23-15-21(26)24-19-11-13-20(14-12-19)29(27,28)25(4)5/h7-14,16,22-23H,6,15H2,1-5H3,(H,24,26)/p+1/t22-/m1/s1. The molecule has 1 amide bonds. The lowest BCUT2D eigenvalue weighted by Crippen LogP contribution is -2.88. The van der Waals surface area contributed by atoms with E-state index in [1.165, 1.54) is 37.4 Å². The van der Waals surface area contributed by atoms with Gasteiger partial charge in [0.25, 0.3) is 5.91 Å². The summed E-state index contributed by atoms with van der Waals surface area (Å²) < 4.78 is 25.4. The van der Waals surface area contributed by atoms with E-state index in [0.29, 0.717) is 11.6 Å². The summed E-state index contributed by atoms with van der Waals surface area (Å²) in [6, 6.07) is 15.0. The normalized spacial score (nSPS) is 12.9. The minimum absolute atomic E-state index is 0.121. The van der Waals surface area contributed by atoms with Crippen LogP contribution in [0, 0.1) is 5.92 Å². The van der Waals surface area contributed by atoms with E-state index in [1.54, 1.807) is 12.1 Å². The second kappa shape index (κ2) is 10.0. The molecule has 2 rings (SSSR count). The average Bonchev–Trinajstić information content (AvgIpc) is 2.68. The molecular formula is C22H32N3O3S+. The smallest absolute Gasteiger partial charge is 0.279 e. The molecule has 0 saturated carbocycles. The van der Waals surface area contributed by atoms with Crippen LogP contribution in [0.15, 0.2) is 53.4 Å². The molecule has 0 aliphatic heterocycles. The van der Waals surface area contributed by atoms with Gasteiger partial charge in [-0.3, -0.25) is 4.79 Å². The second-order valence-electron chi connectivity index (χ2n) is 7.66. The van der Waals surface area contributed by atoms with Gasteiger partial charge >= 0.3 is 0 Å². The molecule has 2 aromatic rings. The summed E-state index contributed by atoms with van der Waals surface area (Å²) >= 11 is 0. The predicted octanol–water partition coefficient (Wildman–Crippen LogP) is 2.40. The van der Waals surface area contributed by atoms with Gasteiger partial charge in [0, 0.05) is 31.3 Å². The topological polar surface area (TPSA) is 83.1 Å². The summed E-state index contributed by atoms with van der Waals surface area (Å²) in [5.74, 6) is 0.259. The van der Waals surface area contributed by atoms with Crippen molar-refractivity contribution in [3.05, 3.63) is 59.7 Å². The van der Waals surface area contributed by atoms with E-state index in [-0.39, 0.29) is 23.4 Å². The van der Waals surface area contributed by atoms with Gasteiger partial charge in [-0.2, -0.15) is 0 Å². The number of sulfonamides is 1. The Morgan fingerprint density at radius 2 is 1.62 bits per heavy atom. The molecule has 0 bridgehead atoms. The highest BCUT2D eigenvalue weighted by Gasteiger charge is 2.21. The number of nitrogens with one attached hydrogen (secondary N) is 1. The van der Waals surface area contributed by atoms with E-state index in [0.717, 1.165) is 10.7 Å². The van der Waals surface area contributed by atoms with Crippen LogP contribution in [0.3, 0.4) is 0 Å². The number of hydrogen-bond donors (Lipinski definition) is 2. The Morgan fingerprint density at radius 3 is 2.10 bits per heavy atom. The molecule has 3 N–H and O–H groups in total. The molecule has 6 nitrogen and oxygen atoms in total. The first-order valence-electron chi connectivity index (χ1n) is 9.89. The fourth-order valence-electron chi connectivity index (χ4n) is 3.14. The molecule has 158 valence electrons. The Balaban J connectivity index is 1.98. The van der Waals surface area contributed by atoms with Gasteiger partial charge in [0.05, 0.1) is 4.90 Å². The summed E-state index contributed by atoms with van der Waals surface area (Å²) in [5.41, 5.74) is 3.09. The summed E-state index contributed by atoms with van der Waals surface area (Å²) in [5, 5.41) is 4.88. The predicted molar refractivity (Wildman–Crippen MR) is 116 cm³/mol. The van der Waals surface area contributed by atoms with Gasteiger partial charge in [-0.15, -0.1) is 0 Å². The van der Waals surface area contributed by atoms with Crippen LogP contribution in [0.25, 0.3) is 0 Å². The summed E-state index contributed by atoms with van der Waals surface area (Å²) in [7, 11) is -0.499. The molecule has 0 spiro atoms. The number of aryl methyl sites for hydroxylation is 1. The minimum Gasteiger partial charge on any atom is -0.332 e. The van der Waals surface area contributed by atoms with Crippen LogP contribution in [0.1, 0.15) is 37.9 Å². The fourth-order valence-corrected chi connectivity index (χ4v) is 4.04. The zero-order valence-electron chi connectivity index (χ0n) is 17.8. The maximum atomic E-state index is 12.4. The number of benzene rings is 2. The molecule has 0 aromatic heterocycles.